The maximum atomic E-state index is 15.0. The maximum Gasteiger partial charge on any atom is 0.303 e. The number of carboxylic acids is 1. The number of methoxy groups -OCH3 is 1. The number of carboxylic acid groups (broad SMARTS) is 1. The van der Waals surface area contributed by atoms with Crippen LogP contribution in [0.15, 0.2) is 54.6 Å². The molecule has 0 aliphatic heterocycles. The molecule has 6 heteroatoms. The Labute approximate surface area is 223 Å². The van der Waals surface area contributed by atoms with Crippen LogP contribution in [0.2, 0.25) is 0 Å². The summed E-state index contributed by atoms with van der Waals surface area (Å²) < 4.78 is 41.0. The highest BCUT2D eigenvalue weighted by molar-refractivity contribution is 5.71. The Bertz CT molecular complexity index is 1300. The summed E-state index contributed by atoms with van der Waals surface area (Å²) in [5, 5.41) is 9.21. The summed E-state index contributed by atoms with van der Waals surface area (Å²) in [5.41, 5.74) is 3.82. The standard InChI is InChI=1S/C32H36F2O4/c1-5-21(16-31(35)36)25-18-23(10-13-29(25)33)38-19-20-8-11-24(27-17-22(37-4)9-12-30(27)34)26(15-20)28-7-6-14-32(28,2)3/h8-13,15,17-18,21,28H,5-7,14,16,19H2,1-4H3,(H,35,36)/t21-,28+/m1/s1. The molecular formula is C32H36F2O4. The molecule has 0 heterocycles. The molecule has 1 aliphatic rings. The first kappa shape index (κ1) is 27.6. The van der Waals surface area contributed by atoms with Crippen molar-refractivity contribution in [2.45, 2.75) is 71.3 Å². The Morgan fingerprint density at radius 3 is 2.42 bits per heavy atom. The van der Waals surface area contributed by atoms with E-state index in [1.165, 1.54) is 12.1 Å². The lowest BCUT2D eigenvalue weighted by Gasteiger charge is -2.30. The van der Waals surface area contributed by atoms with Gasteiger partial charge in [-0.1, -0.05) is 45.4 Å². The molecule has 1 saturated carbocycles. The van der Waals surface area contributed by atoms with Crippen molar-refractivity contribution < 1.29 is 28.2 Å². The second-order valence-electron chi connectivity index (χ2n) is 10.9. The molecule has 0 bridgehead atoms. The van der Waals surface area contributed by atoms with E-state index in [2.05, 4.69) is 19.9 Å². The van der Waals surface area contributed by atoms with Crippen molar-refractivity contribution in [3.05, 3.63) is 82.9 Å². The van der Waals surface area contributed by atoms with Gasteiger partial charge in [-0.05, 0) is 95.2 Å². The highest BCUT2D eigenvalue weighted by Gasteiger charge is 2.37. The van der Waals surface area contributed by atoms with E-state index in [-0.39, 0.29) is 30.2 Å². The fraction of sp³-hybridized carbons (Fsp3) is 0.406. The van der Waals surface area contributed by atoms with Crippen LogP contribution in [0, 0.1) is 17.0 Å². The first-order chi connectivity index (χ1) is 18.1. The highest BCUT2D eigenvalue weighted by atomic mass is 19.1. The molecule has 1 N–H and O–H groups in total. The number of rotatable bonds is 10. The molecule has 3 aromatic carbocycles. The molecule has 3 aromatic rings. The van der Waals surface area contributed by atoms with Crippen LogP contribution >= 0.6 is 0 Å². The third-order valence-electron chi connectivity index (χ3n) is 7.94. The van der Waals surface area contributed by atoms with E-state index in [0.29, 0.717) is 29.0 Å². The van der Waals surface area contributed by atoms with Gasteiger partial charge in [0.05, 0.1) is 13.5 Å². The van der Waals surface area contributed by atoms with Gasteiger partial charge in [0.25, 0.3) is 0 Å². The molecule has 0 radical (unpaired) electrons. The quantitative estimate of drug-likeness (QED) is 0.290. The van der Waals surface area contributed by atoms with Crippen molar-refractivity contribution in [1.29, 1.82) is 0 Å². The molecule has 4 nitrogen and oxygen atoms in total. The van der Waals surface area contributed by atoms with Crippen molar-refractivity contribution in [2.24, 2.45) is 5.41 Å². The minimum atomic E-state index is -0.961. The van der Waals surface area contributed by atoms with Crippen LogP contribution in [0.4, 0.5) is 8.78 Å². The molecule has 1 aliphatic carbocycles. The van der Waals surface area contributed by atoms with Crippen molar-refractivity contribution in [1.82, 2.24) is 0 Å². The number of hydrogen-bond donors (Lipinski definition) is 1. The predicted octanol–water partition coefficient (Wildman–Crippen LogP) is 8.48. The Balaban J connectivity index is 1.66. The van der Waals surface area contributed by atoms with Crippen LogP contribution in [0.1, 0.15) is 81.4 Å². The van der Waals surface area contributed by atoms with Crippen LogP contribution in [0.5, 0.6) is 11.5 Å². The van der Waals surface area contributed by atoms with Gasteiger partial charge in [0.15, 0.2) is 0 Å². The third kappa shape index (κ3) is 6.01. The second-order valence-corrected chi connectivity index (χ2v) is 10.9. The fourth-order valence-electron chi connectivity index (χ4n) is 5.75. The Morgan fingerprint density at radius 1 is 1.03 bits per heavy atom. The van der Waals surface area contributed by atoms with E-state index in [1.54, 1.807) is 31.4 Å². The largest absolute Gasteiger partial charge is 0.497 e. The zero-order chi connectivity index (χ0) is 27.4. The van der Waals surface area contributed by atoms with Crippen molar-refractivity contribution >= 4 is 5.97 Å². The number of ether oxygens (including phenoxy) is 2. The molecule has 4 rings (SSSR count). The lowest BCUT2D eigenvalue weighted by molar-refractivity contribution is -0.137. The predicted molar refractivity (Wildman–Crippen MR) is 145 cm³/mol. The molecule has 0 saturated heterocycles. The molecule has 0 amide bonds. The first-order valence-corrected chi connectivity index (χ1v) is 13.2. The Morgan fingerprint density at radius 2 is 1.76 bits per heavy atom. The minimum Gasteiger partial charge on any atom is -0.497 e. The van der Waals surface area contributed by atoms with Crippen LogP contribution in [-0.2, 0) is 11.4 Å². The number of aliphatic carboxylic acids is 1. The van der Waals surface area contributed by atoms with Crippen LogP contribution in [0.25, 0.3) is 11.1 Å². The van der Waals surface area contributed by atoms with E-state index < -0.39 is 17.7 Å². The molecule has 1 fully saturated rings. The van der Waals surface area contributed by atoms with Crippen molar-refractivity contribution in [3.63, 3.8) is 0 Å². The van der Waals surface area contributed by atoms with Gasteiger partial charge >= 0.3 is 5.97 Å². The Hall–Kier alpha value is -3.41. The fourth-order valence-corrected chi connectivity index (χ4v) is 5.75. The molecule has 0 aromatic heterocycles. The first-order valence-electron chi connectivity index (χ1n) is 13.2. The van der Waals surface area contributed by atoms with E-state index in [9.17, 15) is 14.3 Å². The summed E-state index contributed by atoms with van der Waals surface area (Å²) in [6.45, 7) is 6.63. The third-order valence-corrected chi connectivity index (χ3v) is 7.94. The smallest absolute Gasteiger partial charge is 0.303 e. The SMILES string of the molecule is CC[C@H](CC(=O)O)c1cc(OCc2ccc(-c3cc(OC)ccc3F)c([C@@H]3CCCC3(C)C)c2)ccc1F. The van der Waals surface area contributed by atoms with Gasteiger partial charge < -0.3 is 14.6 Å². The van der Waals surface area contributed by atoms with E-state index in [4.69, 9.17) is 9.47 Å². The lowest BCUT2D eigenvalue weighted by atomic mass is 9.75. The maximum absolute atomic E-state index is 15.0. The minimum absolute atomic E-state index is 0.0781. The number of hydrogen-bond acceptors (Lipinski definition) is 3. The summed E-state index contributed by atoms with van der Waals surface area (Å²) >= 11 is 0. The average molecular weight is 523 g/mol. The summed E-state index contributed by atoms with van der Waals surface area (Å²) in [6, 6.07) is 15.3. The Kier molecular flexibility index (Phi) is 8.39. The van der Waals surface area contributed by atoms with Crippen LogP contribution in [0.3, 0.4) is 0 Å². The van der Waals surface area contributed by atoms with Crippen LogP contribution < -0.4 is 9.47 Å². The monoisotopic (exact) mass is 522 g/mol. The zero-order valence-electron chi connectivity index (χ0n) is 22.5. The van der Waals surface area contributed by atoms with E-state index in [0.717, 1.165) is 36.0 Å². The highest BCUT2D eigenvalue weighted by Crippen LogP contribution is 2.51. The molecular weight excluding hydrogens is 486 g/mol. The van der Waals surface area contributed by atoms with Gasteiger partial charge in [-0.25, -0.2) is 8.78 Å². The summed E-state index contributed by atoms with van der Waals surface area (Å²) in [7, 11) is 1.57. The lowest BCUT2D eigenvalue weighted by Crippen LogP contribution is -2.17. The topological polar surface area (TPSA) is 55.8 Å². The molecule has 2 atom stereocenters. The number of carbonyl (C=O) groups is 1. The van der Waals surface area contributed by atoms with Gasteiger partial charge in [0, 0.05) is 5.56 Å². The van der Waals surface area contributed by atoms with E-state index >= 15 is 4.39 Å². The summed E-state index contributed by atoms with van der Waals surface area (Å²) in [6.07, 6.45) is 3.62. The van der Waals surface area contributed by atoms with Gasteiger partial charge in [-0.2, -0.15) is 0 Å². The summed E-state index contributed by atoms with van der Waals surface area (Å²) in [5.74, 6) is -0.760. The normalized spacial score (nSPS) is 17.3. The van der Waals surface area contributed by atoms with Gasteiger partial charge in [0.2, 0.25) is 0 Å². The van der Waals surface area contributed by atoms with Gasteiger partial charge in [0.1, 0.15) is 29.7 Å². The van der Waals surface area contributed by atoms with Crippen LogP contribution in [-0.4, -0.2) is 18.2 Å². The van der Waals surface area contributed by atoms with Crippen molar-refractivity contribution in [2.75, 3.05) is 7.11 Å². The van der Waals surface area contributed by atoms with E-state index in [1.807, 2.05) is 19.1 Å². The zero-order valence-corrected chi connectivity index (χ0v) is 22.5. The number of halogens is 2. The number of benzene rings is 3. The van der Waals surface area contributed by atoms with Gasteiger partial charge in [-0.3, -0.25) is 4.79 Å². The molecule has 38 heavy (non-hydrogen) atoms. The van der Waals surface area contributed by atoms with Crippen molar-refractivity contribution in [3.8, 4) is 22.6 Å². The second kappa shape index (κ2) is 11.5. The summed E-state index contributed by atoms with van der Waals surface area (Å²) in [4.78, 5) is 11.2. The average Bonchev–Trinajstić information content (AvgIpc) is 3.25. The molecule has 202 valence electrons. The van der Waals surface area contributed by atoms with Gasteiger partial charge in [-0.15, -0.1) is 0 Å². The molecule has 0 spiro atoms. The molecule has 0 unspecified atom stereocenters.